The van der Waals surface area contributed by atoms with Crippen LogP contribution >= 0.6 is 23.5 Å². The van der Waals surface area contributed by atoms with E-state index in [1.807, 2.05) is 72.8 Å². The molecule has 74 heavy (non-hydrogen) atoms. The Labute approximate surface area is 434 Å². The Morgan fingerprint density at radius 3 is 1.81 bits per heavy atom. The smallest absolute Gasteiger partial charge is 0.411 e. The first-order valence-corrected chi connectivity index (χ1v) is 25.3. The SMILES string of the molecule is Cn1nnnc1SCC1=C(C(=O)OC(c2ccccc2)c2ccccc2)N2C(=O)[C@@H](NC(=O)[C@H](O)c3ccc(NC(=O)OCC(NC(=O)OC(C)(C)C)C(=O)OC(c4ccccc4)c4ccccc4)cc3)[C@H]2SC1. The first kappa shape index (κ1) is 52.3. The maximum atomic E-state index is 14.4. The summed E-state index contributed by atoms with van der Waals surface area (Å²) in [7, 11) is 1.69. The lowest BCUT2D eigenvalue weighted by Gasteiger charge is -2.50. The van der Waals surface area contributed by atoms with Crippen molar-refractivity contribution in [2.45, 2.75) is 67.3 Å². The first-order chi connectivity index (χ1) is 35.6. The number of benzene rings is 5. The Hall–Kier alpha value is -8.01. The van der Waals surface area contributed by atoms with Crippen LogP contribution in [0.4, 0.5) is 15.3 Å². The average Bonchev–Trinajstić information content (AvgIpc) is 3.83. The number of β-lactam (4-membered cyclic amide) rings is 1. The molecule has 4 N–H and O–H groups in total. The fourth-order valence-corrected chi connectivity index (χ4v) is 10.2. The number of esters is 2. The number of hydrogen-bond donors (Lipinski definition) is 4. The fraction of sp³-hybridized carbons (Fsp3) is 0.264. The molecule has 1 saturated heterocycles. The van der Waals surface area contributed by atoms with Gasteiger partial charge < -0.3 is 34.7 Å². The minimum Gasteiger partial charge on any atom is -0.451 e. The zero-order valence-electron chi connectivity index (χ0n) is 40.5. The van der Waals surface area contributed by atoms with Crippen LogP contribution in [0, 0.1) is 0 Å². The van der Waals surface area contributed by atoms with Crippen molar-refractivity contribution in [3.8, 4) is 0 Å². The number of aliphatic hydroxyl groups is 1. The lowest BCUT2D eigenvalue weighted by molar-refractivity contribution is -0.155. The minimum atomic E-state index is -1.74. The van der Waals surface area contributed by atoms with E-state index in [-0.39, 0.29) is 22.7 Å². The minimum absolute atomic E-state index is 0.0559. The summed E-state index contributed by atoms with van der Waals surface area (Å²) in [4.78, 5) is 83.1. The molecule has 0 spiro atoms. The molecule has 5 aromatic carbocycles. The van der Waals surface area contributed by atoms with Crippen molar-refractivity contribution >= 4 is 65.2 Å². The van der Waals surface area contributed by atoms with Gasteiger partial charge in [0.05, 0.1) is 0 Å². The third-order valence-corrected chi connectivity index (χ3v) is 13.9. The highest BCUT2D eigenvalue weighted by Crippen LogP contribution is 2.43. The number of fused-ring (bicyclic) bond motifs is 1. The second-order valence-corrected chi connectivity index (χ2v) is 20.0. The molecule has 0 radical (unpaired) electrons. The number of anilines is 1. The summed E-state index contributed by atoms with van der Waals surface area (Å²) in [5.41, 5.74) is 2.86. The fourth-order valence-electron chi connectivity index (χ4n) is 7.87. The number of amides is 4. The molecular formula is C53H52N8O11S2. The molecule has 6 aromatic rings. The highest BCUT2D eigenvalue weighted by molar-refractivity contribution is 8.01. The molecule has 0 bridgehead atoms. The monoisotopic (exact) mass is 1040 g/mol. The molecule has 0 saturated carbocycles. The highest BCUT2D eigenvalue weighted by Gasteiger charge is 2.55. The van der Waals surface area contributed by atoms with E-state index >= 15 is 0 Å². The molecule has 3 heterocycles. The topological polar surface area (TPSA) is 242 Å². The van der Waals surface area contributed by atoms with Crippen LogP contribution in [0.15, 0.2) is 162 Å². The van der Waals surface area contributed by atoms with E-state index in [0.717, 1.165) is 11.1 Å². The first-order valence-electron chi connectivity index (χ1n) is 23.3. The second kappa shape index (κ2) is 23.7. The molecule has 2 aliphatic heterocycles. The molecule has 2 aliphatic rings. The number of carbonyl (C=O) groups is 6. The zero-order chi connectivity index (χ0) is 52.4. The lowest BCUT2D eigenvalue weighted by Crippen LogP contribution is -2.71. The summed E-state index contributed by atoms with van der Waals surface area (Å²) in [5, 5.41) is 30.2. The van der Waals surface area contributed by atoms with E-state index in [2.05, 4.69) is 31.5 Å². The molecule has 8 rings (SSSR count). The standard InChI is InChI=1S/C53H52N8O11S2/c1-53(2,3)72-52(68)55-39(48(65)70-43(33-17-9-5-10-18-33)34-19-11-6-12-20-34)29-69-51(67)54-38-27-25-32(26-28-38)42(62)45(63)56-40-46(64)61-41(37(30-73-47(40)61)31-74-50-57-58-59-60(50)4)49(66)71-44(35-21-13-7-14-22-35)36-23-15-8-16-24-36/h5-28,39-40,42-44,47,62H,29-31H2,1-4H3,(H,54,67)(H,55,68)(H,56,63)/t39?,40-,42-,47-/m1/s1. The number of thioether (sulfide) groups is 2. The summed E-state index contributed by atoms with van der Waals surface area (Å²) in [6, 6.07) is 39.5. The average molecular weight is 1040 g/mol. The number of nitrogens with zero attached hydrogens (tertiary/aromatic N) is 5. The van der Waals surface area contributed by atoms with Crippen molar-refractivity contribution in [3.05, 3.63) is 185 Å². The normalized spacial score (nSPS) is 16.0. The number of ether oxygens (including phenoxy) is 4. The van der Waals surface area contributed by atoms with Gasteiger partial charge >= 0.3 is 24.1 Å². The second-order valence-electron chi connectivity index (χ2n) is 17.9. The molecule has 4 amide bonds. The van der Waals surface area contributed by atoms with Crippen molar-refractivity contribution in [2.24, 2.45) is 7.05 Å². The van der Waals surface area contributed by atoms with E-state index in [4.69, 9.17) is 18.9 Å². The van der Waals surface area contributed by atoms with Crippen molar-refractivity contribution in [2.75, 3.05) is 23.4 Å². The number of alkyl carbamates (subject to hydrolysis) is 1. The molecule has 1 fully saturated rings. The number of aryl methyl sites for hydroxylation is 1. The van der Waals surface area contributed by atoms with Gasteiger partial charge in [0.1, 0.15) is 29.3 Å². The summed E-state index contributed by atoms with van der Waals surface area (Å²) in [6.45, 7) is 4.32. The Morgan fingerprint density at radius 2 is 1.30 bits per heavy atom. The van der Waals surface area contributed by atoms with Crippen LogP contribution in [0.25, 0.3) is 0 Å². The largest absolute Gasteiger partial charge is 0.451 e. The molecule has 19 nitrogen and oxygen atoms in total. The maximum Gasteiger partial charge on any atom is 0.411 e. The maximum absolute atomic E-state index is 14.4. The third-order valence-electron chi connectivity index (χ3n) is 11.4. The van der Waals surface area contributed by atoms with Crippen LogP contribution in [0.2, 0.25) is 0 Å². The van der Waals surface area contributed by atoms with Crippen molar-refractivity contribution in [1.29, 1.82) is 0 Å². The molecule has 0 aliphatic carbocycles. The number of carbonyl (C=O) groups excluding carboxylic acids is 6. The summed E-state index contributed by atoms with van der Waals surface area (Å²) in [5.74, 6) is -2.52. The Kier molecular flexibility index (Phi) is 16.7. The van der Waals surface area contributed by atoms with E-state index in [1.165, 1.54) is 57.4 Å². The predicted molar refractivity (Wildman–Crippen MR) is 273 cm³/mol. The molecule has 1 aromatic heterocycles. The van der Waals surface area contributed by atoms with Gasteiger partial charge in [-0.1, -0.05) is 145 Å². The van der Waals surface area contributed by atoms with Gasteiger partial charge in [0, 0.05) is 24.2 Å². The van der Waals surface area contributed by atoms with Crippen LogP contribution in [-0.2, 0) is 45.2 Å². The van der Waals surface area contributed by atoms with E-state index in [9.17, 15) is 33.9 Å². The van der Waals surface area contributed by atoms with Crippen LogP contribution < -0.4 is 16.0 Å². The van der Waals surface area contributed by atoms with Crippen LogP contribution in [0.5, 0.6) is 0 Å². The van der Waals surface area contributed by atoms with Gasteiger partial charge in [-0.25, -0.2) is 23.9 Å². The van der Waals surface area contributed by atoms with Crippen molar-refractivity contribution in [1.82, 2.24) is 35.7 Å². The van der Waals surface area contributed by atoms with Crippen molar-refractivity contribution in [3.63, 3.8) is 0 Å². The number of rotatable bonds is 18. The predicted octanol–water partition coefficient (Wildman–Crippen LogP) is 6.80. The van der Waals surface area contributed by atoms with E-state index in [1.54, 1.807) is 76.3 Å². The van der Waals surface area contributed by atoms with Crippen LogP contribution in [-0.4, -0.2) is 107 Å². The quantitative estimate of drug-likeness (QED) is 0.0300. The Morgan fingerprint density at radius 1 is 0.757 bits per heavy atom. The molecular weight excluding hydrogens is 989 g/mol. The number of aromatic nitrogens is 4. The van der Waals surface area contributed by atoms with E-state index < -0.39 is 83.9 Å². The van der Waals surface area contributed by atoms with Gasteiger partial charge in [0.2, 0.25) is 5.16 Å². The molecule has 1 unspecified atom stereocenters. The van der Waals surface area contributed by atoms with Crippen molar-refractivity contribution < 1.29 is 52.8 Å². The number of nitrogens with one attached hydrogen (secondary N) is 3. The van der Waals surface area contributed by atoms with E-state index in [0.29, 0.717) is 27.6 Å². The summed E-state index contributed by atoms with van der Waals surface area (Å²) in [6.07, 6.45) is -5.33. The summed E-state index contributed by atoms with van der Waals surface area (Å²) < 4.78 is 24.4. The van der Waals surface area contributed by atoms with Gasteiger partial charge in [-0.3, -0.25) is 19.8 Å². The third kappa shape index (κ3) is 13.0. The van der Waals surface area contributed by atoms with Gasteiger partial charge in [0.25, 0.3) is 11.8 Å². The van der Waals surface area contributed by atoms with Gasteiger partial charge in [0.15, 0.2) is 24.4 Å². The summed E-state index contributed by atoms with van der Waals surface area (Å²) >= 11 is 2.63. The zero-order valence-corrected chi connectivity index (χ0v) is 42.2. The Bertz CT molecular complexity index is 2900. The van der Waals surface area contributed by atoms with Gasteiger partial charge in [-0.05, 0) is 76.7 Å². The number of tetrazole rings is 1. The molecule has 4 atom stereocenters. The molecule has 382 valence electrons. The van der Waals surface area contributed by atoms with Crippen LogP contribution in [0.1, 0.15) is 66.9 Å². The van der Waals surface area contributed by atoms with Gasteiger partial charge in [-0.15, -0.1) is 16.9 Å². The number of aliphatic hydroxyl groups excluding tert-OH is 1. The van der Waals surface area contributed by atoms with Crippen LogP contribution in [0.3, 0.4) is 0 Å². The Balaban J connectivity index is 0.904. The number of hydrogen-bond acceptors (Lipinski definition) is 16. The highest BCUT2D eigenvalue weighted by atomic mass is 32.2. The molecule has 21 heteroatoms. The lowest BCUT2D eigenvalue weighted by atomic mass is 10.0. The van der Waals surface area contributed by atoms with Gasteiger partial charge in [-0.2, -0.15) is 0 Å².